The lowest BCUT2D eigenvalue weighted by atomic mass is 10.1. The van der Waals surface area contributed by atoms with E-state index < -0.39 is 0 Å². The lowest BCUT2D eigenvalue weighted by molar-refractivity contribution is -0.129. The van der Waals surface area contributed by atoms with E-state index >= 15 is 0 Å². The second-order valence-electron chi connectivity index (χ2n) is 5.52. The number of hydrogen-bond donors (Lipinski definition) is 1. The van der Waals surface area contributed by atoms with Gasteiger partial charge in [-0.1, -0.05) is 60.5 Å². The van der Waals surface area contributed by atoms with Crippen molar-refractivity contribution in [2.75, 3.05) is 13.7 Å². The molecule has 136 valence electrons. The highest BCUT2D eigenvalue weighted by molar-refractivity contribution is 5.41. The number of benzene rings is 2. The van der Waals surface area contributed by atoms with Crippen molar-refractivity contribution >= 4 is 6.47 Å². The van der Waals surface area contributed by atoms with E-state index in [1.54, 1.807) is 6.20 Å². The molecule has 0 amide bonds. The molecule has 27 heavy (non-hydrogen) atoms. The number of carbonyl (C=O) groups excluding carboxylic acids is 1. The molecule has 1 atom stereocenters. The number of pyridine rings is 1. The van der Waals surface area contributed by atoms with Crippen molar-refractivity contribution in [2.24, 2.45) is 0 Å². The molecule has 2 aromatic carbocycles. The van der Waals surface area contributed by atoms with Crippen LogP contribution in [0.3, 0.4) is 0 Å². The van der Waals surface area contributed by atoms with Gasteiger partial charge in [0, 0.05) is 11.8 Å². The van der Waals surface area contributed by atoms with Gasteiger partial charge in [-0.05, 0) is 42.8 Å². The summed E-state index contributed by atoms with van der Waals surface area (Å²) < 4.78 is 4.81. The molecule has 1 heterocycles. The maximum Gasteiger partial charge on any atom is 0.293 e. The number of carbonyl (C=O) groups is 1. The standard InChI is InChI=1S/C17H16N2O2.C6H6/c1-18-17(12-21-13-20)15-9-10-19-16(11-15)8-7-14-5-3-2-4-6-14;1-2-4-6-5-3-1/h2-6,9-11,13,17-18H,12H2,1H3;1-6H/t17-;/m0./s1. The Hall–Kier alpha value is -3.42. The van der Waals surface area contributed by atoms with Crippen molar-refractivity contribution < 1.29 is 9.53 Å². The van der Waals surface area contributed by atoms with Gasteiger partial charge in [-0.25, -0.2) is 4.98 Å². The first-order chi connectivity index (χ1) is 13.3. The molecule has 1 aromatic heterocycles. The highest BCUT2D eigenvalue weighted by Gasteiger charge is 2.10. The smallest absolute Gasteiger partial charge is 0.293 e. The molecule has 3 rings (SSSR count). The van der Waals surface area contributed by atoms with Crippen LogP contribution in [0.1, 0.15) is 22.9 Å². The first-order valence-electron chi connectivity index (χ1n) is 8.59. The van der Waals surface area contributed by atoms with Crippen LogP contribution in [0.5, 0.6) is 0 Å². The van der Waals surface area contributed by atoms with Gasteiger partial charge >= 0.3 is 0 Å². The van der Waals surface area contributed by atoms with Crippen LogP contribution in [0, 0.1) is 11.8 Å². The Morgan fingerprint density at radius 1 is 1.00 bits per heavy atom. The van der Waals surface area contributed by atoms with Crippen LogP contribution in [-0.4, -0.2) is 25.1 Å². The number of rotatable bonds is 5. The fraction of sp³-hybridized carbons (Fsp3) is 0.130. The topological polar surface area (TPSA) is 51.2 Å². The molecular formula is C23H22N2O2. The summed E-state index contributed by atoms with van der Waals surface area (Å²) in [5, 5.41) is 3.09. The van der Waals surface area contributed by atoms with E-state index in [4.69, 9.17) is 4.74 Å². The molecule has 0 radical (unpaired) electrons. The maximum absolute atomic E-state index is 10.3. The minimum Gasteiger partial charge on any atom is -0.466 e. The van der Waals surface area contributed by atoms with Crippen LogP contribution < -0.4 is 5.32 Å². The average Bonchev–Trinajstić information content (AvgIpc) is 2.76. The molecule has 0 saturated carbocycles. The molecular weight excluding hydrogens is 336 g/mol. The van der Waals surface area contributed by atoms with Gasteiger partial charge in [0.2, 0.25) is 0 Å². The highest BCUT2D eigenvalue weighted by atomic mass is 16.5. The van der Waals surface area contributed by atoms with Crippen LogP contribution in [0.2, 0.25) is 0 Å². The SMILES string of the molecule is CN[C@@H](COC=O)c1ccnc(C#Cc2ccccc2)c1.c1ccccc1. The van der Waals surface area contributed by atoms with Crippen LogP contribution in [0.4, 0.5) is 0 Å². The third-order valence-corrected chi connectivity index (χ3v) is 3.64. The minimum atomic E-state index is -0.0736. The van der Waals surface area contributed by atoms with Gasteiger partial charge in [0.15, 0.2) is 0 Å². The first kappa shape index (κ1) is 19.9. The fourth-order valence-electron chi connectivity index (χ4n) is 2.26. The van der Waals surface area contributed by atoms with Crippen molar-refractivity contribution in [2.45, 2.75) is 6.04 Å². The van der Waals surface area contributed by atoms with E-state index in [9.17, 15) is 4.79 Å². The summed E-state index contributed by atoms with van der Waals surface area (Å²) in [5.41, 5.74) is 2.61. The van der Waals surface area contributed by atoms with Crippen molar-refractivity contribution in [3.8, 4) is 11.8 Å². The molecule has 0 saturated heterocycles. The molecule has 0 aliphatic rings. The number of nitrogens with zero attached hydrogens (tertiary/aromatic N) is 1. The molecule has 0 fully saturated rings. The van der Waals surface area contributed by atoms with Gasteiger partial charge in [-0.2, -0.15) is 0 Å². The molecule has 4 nitrogen and oxygen atoms in total. The number of ether oxygens (including phenoxy) is 1. The Labute approximate surface area is 160 Å². The van der Waals surface area contributed by atoms with Crippen molar-refractivity contribution in [1.29, 1.82) is 0 Å². The molecule has 1 N–H and O–H groups in total. The predicted molar refractivity (Wildman–Crippen MR) is 107 cm³/mol. The second-order valence-corrected chi connectivity index (χ2v) is 5.52. The molecule has 0 aliphatic heterocycles. The predicted octanol–water partition coefficient (Wildman–Crippen LogP) is 3.60. The van der Waals surface area contributed by atoms with E-state index in [1.165, 1.54) is 0 Å². The zero-order valence-corrected chi connectivity index (χ0v) is 15.2. The Kier molecular flexibility index (Phi) is 8.86. The van der Waals surface area contributed by atoms with Gasteiger partial charge < -0.3 is 10.1 Å². The number of nitrogens with one attached hydrogen (secondary N) is 1. The summed E-state index contributed by atoms with van der Waals surface area (Å²) in [6.07, 6.45) is 1.70. The summed E-state index contributed by atoms with van der Waals surface area (Å²) in [5.74, 6) is 6.11. The van der Waals surface area contributed by atoms with Crippen LogP contribution >= 0.6 is 0 Å². The Morgan fingerprint density at radius 3 is 2.22 bits per heavy atom. The molecule has 0 aliphatic carbocycles. The summed E-state index contributed by atoms with van der Waals surface area (Å²) >= 11 is 0. The van der Waals surface area contributed by atoms with Gasteiger partial charge in [-0.3, -0.25) is 4.79 Å². The first-order valence-corrected chi connectivity index (χ1v) is 8.59. The Balaban J connectivity index is 0.000000369. The molecule has 0 spiro atoms. The van der Waals surface area contributed by atoms with Crippen LogP contribution in [0.15, 0.2) is 85.1 Å². The lowest BCUT2D eigenvalue weighted by Gasteiger charge is -2.15. The summed E-state index contributed by atoms with van der Waals surface area (Å²) in [6, 6.07) is 25.4. The normalized spacial score (nSPS) is 10.4. The van der Waals surface area contributed by atoms with E-state index in [0.717, 1.165) is 11.1 Å². The molecule has 0 unspecified atom stereocenters. The van der Waals surface area contributed by atoms with Crippen molar-refractivity contribution in [3.63, 3.8) is 0 Å². The van der Waals surface area contributed by atoms with Gasteiger partial charge in [0.1, 0.15) is 12.3 Å². The highest BCUT2D eigenvalue weighted by Crippen LogP contribution is 2.13. The Bertz CT molecular complexity index is 829. The zero-order chi connectivity index (χ0) is 19.2. The summed E-state index contributed by atoms with van der Waals surface area (Å²) in [4.78, 5) is 14.5. The molecule has 0 bridgehead atoms. The van der Waals surface area contributed by atoms with E-state index in [-0.39, 0.29) is 12.6 Å². The van der Waals surface area contributed by atoms with Crippen molar-refractivity contribution in [1.82, 2.24) is 10.3 Å². The number of hydrogen-bond acceptors (Lipinski definition) is 4. The minimum absolute atomic E-state index is 0.0736. The summed E-state index contributed by atoms with van der Waals surface area (Å²) in [6.45, 7) is 0.719. The molecule has 3 aromatic rings. The fourth-order valence-corrected chi connectivity index (χ4v) is 2.26. The van der Waals surface area contributed by atoms with E-state index in [2.05, 4.69) is 22.1 Å². The van der Waals surface area contributed by atoms with Gasteiger partial charge in [0.05, 0.1) is 6.04 Å². The van der Waals surface area contributed by atoms with E-state index in [1.807, 2.05) is 85.9 Å². The maximum atomic E-state index is 10.3. The Morgan fingerprint density at radius 2 is 1.63 bits per heavy atom. The average molecular weight is 358 g/mol. The quantitative estimate of drug-likeness (QED) is 0.559. The third kappa shape index (κ3) is 7.55. The van der Waals surface area contributed by atoms with E-state index in [0.29, 0.717) is 12.2 Å². The van der Waals surface area contributed by atoms with Crippen LogP contribution in [-0.2, 0) is 9.53 Å². The van der Waals surface area contributed by atoms with Crippen molar-refractivity contribution in [3.05, 3.63) is 102 Å². The monoisotopic (exact) mass is 358 g/mol. The number of likely N-dealkylation sites (N-methyl/N-ethyl adjacent to an activating group) is 1. The third-order valence-electron chi connectivity index (χ3n) is 3.64. The van der Waals surface area contributed by atoms with Crippen LogP contribution in [0.25, 0.3) is 0 Å². The lowest BCUT2D eigenvalue weighted by Crippen LogP contribution is -2.21. The van der Waals surface area contributed by atoms with Gasteiger partial charge in [0.25, 0.3) is 6.47 Å². The summed E-state index contributed by atoms with van der Waals surface area (Å²) in [7, 11) is 1.81. The van der Waals surface area contributed by atoms with Gasteiger partial charge in [-0.15, -0.1) is 0 Å². The second kappa shape index (κ2) is 12.0. The number of aromatic nitrogens is 1. The zero-order valence-electron chi connectivity index (χ0n) is 15.2. The largest absolute Gasteiger partial charge is 0.466 e. The molecule has 4 heteroatoms.